The first-order valence-corrected chi connectivity index (χ1v) is 10.5. The van der Waals surface area contributed by atoms with Gasteiger partial charge in [-0.15, -0.1) is 11.3 Å². The van der Waals surface area contributed by atoms with Crippen molar-refractivity contribution in [3.63, 3.8) is 0 Å². The molecule has 0 bridgehead atoms. The molecule has 0 aromatic carbocycles. The van der Waals surface area contributed by atoms with E-state index in [9.17, 15) is 8.42 Å². The summed E-state index contributed by atoms with van der Waals surface area (Å²) in [6.07, 6.45) is 4.37. The van der Waals surface area contributed by atoms with E-state index in [1.807, 2.05) is 13.0 Å². The molecule has 1 aromatic heterocycles. The summed E-state index contributed by atoms with van der Waals surface area (Å²) in [4.78, 5) is 3.55. The average Bonchev–Trinajstić information content (AvgIpc) is 3.13. The van der Waals surface area contributed by atoms with Crippen molar-refractivity contribution in [3.05, 3.63) is 17.0 Å². The Kier molecular flexibility index (Phi) is 6.44. The molecule has 4 nitrogen and oxygen atoms in total. The first-order valence-electron chi connectivity index (χ1n) is 8.24. The quantitative estimate of drug-likeness (QED) is 0.788. The molecule has 1 aliphatic heterocycles. The standard InChI is InChI=1S/C16H28N2O2S2/c1-4-15-7-8-16(21-15)22(19,20)17-12-14(11-13(2)3)18-9-5-6-10-18/h7-8,13-14,17H,4-6,9-12H2,1-3H3. The molecule has 0 spiro atoms. The fourth-order valence-corrected chi connectivity index (χ4v) is 5.40. The molecule has 2 heterocycles. The highest BCUT2D eigenvalue weighted by Gasteiger charge is 2.25. The van der Waals surface area contributed by atoms with Crippen LogP contribution in [0.1, 0.15) is 44.9 Å². The molecule has 1 unspecified atom stereocenters. The normalized spacial score (nSPS) is 18.2. The summed E-state index contributed by atoms with van der Waals surface area (Å²) >= 11 is 1.37. The number of nitrogens with zero attached hydrogens (tertiary/aromatic N) is 1. The molecule has 1 N–H and O–H groups in total. The summed E-state index contributed by atoms with van der Waals surface area (Å²) in [5.41, 5.74) is 0. The van der Waals surface area contributed by atoms with Crippen molar-refractivity contribution in [2.45, 2.75) is 56.7 Å². The number of thiophene rings is 1. The first-order chi connectivity index (χ1) is 10.4. The maximum absolute atomic E-state index is 12.4. The van der Waals surface area contributed by atoms with Crippen LogP contribution in [0.15, 0.2) is 16.3 Å². The molecule has 0 radical (unpaired) electrons. The minimum absolute atomic E-state index is 0.308. The van der Waals surface area contributed by atoms with Gasteiger partial charge >= 0.3 is 0 Å². The fourth-order valence-electron chi connectivity index (χ4n) is 2.98. The van der Waals surface area contributed by atoms with Crippen molar-refractivity contribution in [3.8, 4) is 0 Å². The van der Waals surface area contributed by atoms with E-state index in [1.165, 1.54) is 24.2 Å². The lowest BCUT2D eigenvalue weighted by Crippen LogP contribution is -2.43. The number of hydrogen-bond acceptors (Lipinski definition) is 4. The zero-order valence-corrected chi connectivity index (χ0v) is 15.5. The second kappa shape index (κ2) is 7.90. The van der Waals surface area contributed by atoms with E-state index in [1.54, 1.807) is 6.07 Å². The predicted molar refractivity (Wildman–Crippen MR) is 92.9 cm³/mol. The second-order valence-corrected chi connectivity index (χ2v) is 9.61. The van der Waals surface area contributed by atoms with Crippen molar-refractivity contribution in [1.82, 2.24) is 9.62 Å². The van der Waals surface area contributed by atoms with Crippen LogP contribution in [-0.4, -0.2) is 39.0 Å². The molecule has 22 heavy (non-hydrogen) atoms. The summed E-state index contributed by atoms with van der Waals surface area (Å²) in [6, 6.07) is 3.94. The molecule has 6 heteroatoms. The van der Waals surface area contributed by atoms with Gasteiger partial charge in [-0.3, -0.25) is 4.90 Å². The van der Waals surface area contributed by atoms with E-state index in [0.29, 0.717) is 22.7 Å². The largest absolute Gasteiger partial charge is 0.299 e. The van der Waals surface area contributed by atoms with Crippen molar-refractivity contribution in [2.24, 2.45) is 5.92 Å². The van der Waals surface area contributed by atoms with Gasteiger partial charge in [0.1, 0.15) is 4.21 Å². The highest BCUT2D eigenvalue weighted by Crippen LogP contribution is 2.22. The van der Waals surface area contributed by atoms with Crippen molar-refractivity contribution in [1.29, 1.82) is 0 Å². The number of sulfonamides is 1. The Morgan fingerprint density at radius 2 is 1.95 bits per heavy atom. The van der Waals surface area contributed by atoms with Crippen molar-refractivity contribution < 1.29 is 8.42 Å². The topological polar surface area (TPSA) is 49.4 Å². The van der Waals surface area contributed by atoms with Crippen LogP contribution in [0.2, 0.25) is 0 Å². The summed E-state index contributed by atoms with van der Waals surface area (Å²) < 4.78 is 28.2. The van der Waals surface area contributed by atoms with Gasteiger partial charge in [-0.25, -0.2) is 13.1 Å². The van der Waals surface area contributed by atoms with Gasteiger partial charge in [-0.1, -0.05) is 20.8 Å². The molecule has 2 rings (SSSR count). The van der Waals surface area contributed by atoms with Gasteiger partial charge in [0.15, 0.2) is 0 Å². The third kappa shape index (κ3) is 4.78. The Hall–Kier alpha value is -0.430. The Labute approximate surface area is 139 Å². The molecule has 0 amide bonds. The van der Waals surface area contributed by atoms with E-state index in [4.69, 9.17) is 0 Å². The van der Waals surface area contributed by atoms with Crippen LogP contribution in [0.25, 0.3) is 0 Å². The van der Waals surface area contributed by atoms with E-state index in [-0.39, 0.29) is 0 Å². The zero-order valence-electron chi connectivity index (χ0n) is 13.8. The Morgan fingerprint density at radius 1 is 1.27 bits per heavy atom. The van der Waals surface area contributed by atoms with Crippen LogP contribution >= 0.6 is 11.3 Å². The molecule has 1 saturated heterocycles. The van der Waals surface area contributed by atoms with Crippen LogP contribution in [0.3, 0.4) is 0 Å². The van der Waals surface area contributed by atoms with Gasteiger partial charge < -0.3 is 0 Å². The van der Waals surface area contributed by atoms with Gasteiger partial charge in [0.25, 0.3) is 0 Å². The second-order valence-electron chi connectivity index (χ2n) is 6.45. The minimum Gasteiger partial charge on any atom is -0.299 e. The predicted octanol–water partition coefficient (Wildman–Crippen LogP) is 3.10. The number of aryl methyl sites for hydroxylation is 1. The minimum atomic E-state index is -3.37. The van der Waals surface area contributed by atoms with E-state index >= 15 is 0 Å². The number of hydrogen-bond donors (Lipinski definition) is 1. The van der Waals surface area contributed by atoms with E-state index < -0.39 is 10.0 Å². The summed E-state index contributed by atoms with van der Waals surface area (Å²) in [6.45, 7) is 9.15. The lowest BCUT2D eigenvalue weighted by atomic mass is 10.0. The Balaban J connectivity index is 2.00. The molecule has 126 valence electrons. The van der Waals surface area contributed by atoms with Gasteiger partial charge in [-0.2, -0.15) is 0 Å². The molecule has 1 fully saturated rings. The SMILES string of the molecule is CCc1ccc(S(=O)(=O)NCC(CC(C)C)N2CCCC2)s1. The molecule has 0 aliphatic carbocycles. The van der Waals surface area contributed by atoms with Gasteiger partial charge in [0, 0.05) is 17.5 Å². The van der Waals surface area contributed by atoms with Gasteiger partial charge in [-0.05, 0) is 56.8 Å². The highest BCUT2D eigenvalue weighted by atomic mass is 32.2. The molecule has 1 atom stereocenters. The molecular formula is C16H28N2O2S2. The Morgan fingerprint density at radius 3 is 2.50 bits per heavy atom. The summed E-state index contributed by atoms with van der Waals surface area (Å²) in [7, 11) is -3.37. The van der Waals surface area contributed by atoms with Gasteiger partial charge in [0.05, 0.1) is 0 Å². The summed E-state index contributed by atoms with van der Waals surface area (Å²) in [5.74, 6) is 0.573. The van der Waals surface area contributed by atoms with Crippen LogP contribution in [0.4, 0.5) is 0 Å². The lowest BCUT2D eigenvalue weighted by molar-refractivity contribution is 0.214. The molecule has 1 aliphatic rings. The van der Waals surface area contributed by atoms with Crippen molar-refractivity contribution >= 4 is 21.4 Å². The third-order valence-electron chi connectivity index (χ3n) is 4.16. The maximum Gasteiger partial charge on any atom is 0.250 e. The smallest absolute Gasteiger partial charge is 0.250 e. The average molecular weight is 345 g/mol. The third-order valence-corrected chi connectivity index (χ3v) is 7.30. The first kappa shape index (κ1) is 17.9. The molecule has 0 saturated carbocycles. The maximum atomic E-state index is 12.4. The number of rotatable bonds is 8. The molecule has 1 aromatic rings. The number of likely N-dealkylation sites (tertiary alicyclic amines) is 1. The lowest BCUT2D eigenvalue weighted by Gasteiger charge is -2.29. The fraction of sp³-hybridized carbons (Fsp3) is 0.750. The summed E-state index contributed by atoms with van der Waals surface area (Å²) in [5, 5.41) is 0. The molecular weight excluding hydrogens is 316 g/mol. The van der Waals surface area contributed by atoms with Crippen LogP contribution < -0.4 is 4.72 Å². The van der Waals surface area contributed by atoms with E-state index in [0.717, 1.165) is 30.8 Å². The van der Waals surface area contributed by atoms with E-state index in [2.05, 4.69) is 23.5 Å². The number of nitrogens with one attached hydrogen (secondary N) is 1. The van der Waals surface area contributed by atoms with Crippen LogP contribution in [-0.2, 0) is 16.4 Å². The monoisotopic (exact) mass is 344 g/mol. The van der Waals surface area contributed by atoms with Crippen LogP contribution in [0.5, 0.6) is 0 Å². The Bertz CT molecular complexity index is 560. The zero-order chi connectivity index (χ0) is 16.2. The highest BCUT2D eigenvalue weighted by molar-refractivity contribution is 7.91. The van der Waals surface area contributed by atoms with Gasteiger partial charge in [0.2, 0.25) is 10.0 Å². The van der Waals surface area contributed by atoms with Crippen LogP contribution in [0, 0.1) is 5.92 Å². The van der Waals surface area contributed by atoms with Crippen molar-refractivity contribution in [2.75, 3.05) is 19.6 Å².